The van der Waals surface area contributed by atoms with E-state index in [9.17, 15) is 4.79 Å². The fourth-order valence-corrected chi connectivity index (χ4v) is 2.46. The number of amides is 1. The second-order valence-electron chi connectivity index (χ2n) is 4.01. The van der Waals surface area contributed by atoms with Gasteiger partial charge in [-0.1, -0.05) is 40.9 Å². The van der Waals surface area contributed by atoms with Crippen LogP contribution in [0.15, 0.2) is 30.3 Å². The third-order valence-corrected chi connectivity index (χ3v) is 3.52. The minimum Gasteiger partial charge on any atom is -0.399 e. The van der Waals surface area contributed by atoms with Crippen molar-refractivity contribution in [3.8, 4) is 0 Å². The lowest BCUT2D eigenvalue weighted by Gasteiger charge is -2.15. The van der Waals surface area contributed by atoms with Crippen molar-refractivity contribution in [2.45, 2.75) is 0 Å². The lowest BCUT2D eigenvalue weighted by Crippen LogP contribution is -2.14. The SMILES string of the molecule is NC(=O)c1cc(N)cc(Cl)c1Nc1c(Cl)cccc1Cl. The molecule has 0 aliphatic carbocycles. The Hall–Kier alpha value is -1.62. The molecule has 4 nitrogen and oxygen atoms in total. The zero-order valence-corrected chi connectivity index (χ0v) is 12.4. The Bertz CT molecular complexity index is 669. The normalized spacial score (nSPS) is 10.3. The summed E-state index contributed by atoms with van der Waals surface area (Å²) in [5.74, 6) is -0.662. The number of para-hydroxylation sites is 1. The van der Waals surface area contributed by atoms with E-state index in [4.69, 9.17) is 46.3 Å². The Morgan fingerprint density at radius 1 is 1.00 bits per heavy atom. The number of nitrogens with one attached hydrogen (secondary N) is 1. The summed E-state index contributed by atoms with van der Waals surface area (Å²) in [6.45, 7) is 0. The molecule has 0 aliphatic heterocycles. The van der Waals surface area contributed by atoms with Crippen LogP contribution in [-0.2, 0) is 0 Å². The molecule has 20 heavy (non-hydrogen) atoms. The number of benzene rings is 2. The van der Waals surface area contributed by atoms with E-state index < -0.39 is 5.91 Å². The van der Waals surface area contributed by atoms with E-state index in [1.807, 2.05) is 0 Å². The molecule has 0 aromatic heterocycles. The summed E-state index contributed by atoms with van der Waals surface area (Å²) in [6.07, 6.45) is 0. The van der Waals surface area contributed by atoms with Gasteiger partial charge < -0.3 is 16.8 Å². The van der Waals surface area contributed by atoms with Gasteiger partial charge in [0, 0.05) is 5.69 Å². The topological polar surface area (TPSA) is 81.1 Å². The molecule has 0 fully saturated rings. The summed E-state index contributed by atoms with van der Waals surface area (Å²) in [5.41, 5.74) is 12.2. The van der Waals surface area contributed by atoms with Crippen molar-refractivity contribution in [3.63, 3.8) is 0 Å². The third-order valence-electron chi connectivity index (χ3n) is 2.59. The van der Waals surface area contributed by atoms with Gasteiger partial charge in [-0.3, -0.25) is 4.79 Å². The number of hydrogen-bond acceptors (Lipinski definition) is 3. The van der Waals surface area contributed by atoms with Crippen LogP contribution in [0, 0.1) is 0 Å². The van der Waals surface area contributed by atoms with Crippen molar-refractivity contribution in [2.75, 3.05) is 11.1 Å². The van der Waals surface area contributed by atoms with E-state index in [1.54, 1.807) is 18.2 Å². The van der Waals surface area contributed by atoms with Crippen LogP contribution in [-0.4, -0.2) is 5.91 Å². The first kappa shape index (κ1) is 14.8. The molecule has 7 heteroatoms. The summed E-state index contributed by atoms with van der Waals surface area (Å²) in [6, 6.07) is 7.95. The molecular weight excluding hydrogens is 321 g/mol. The van der Waals surface area contributed by atoms with Gasteiger partial charge in [-0.05, 0) is 24.3 Å². The lowest BCUT2D eigenvalue weighted by molar-refractivity contribution is 0.100. The van der Waals surface area contributed by atoms with E-state index in [-0.39, 0.29) is 10.6 Å². The van der Waals surface area contributed by atoms with Gasteiger partial charge in [0.25, 0.3) is 5.91 Å². The summed E-state index contributed by atoms with van der Waals surface area (Å²) in [4.78, 5) is 11.5. The van der Waals surface area contributed by atoms with Crippen molar-refractivity contribution in [1.29, 1.82) is 0 Å². The van der Waals surface area contributed by atoms with Crippen molar-refractivity contribution < 1.29 is 4.79 Å². The number of halogens is 3. The maximum absolute atomic E-state index is 11.5. The Labute approximate surface area is 130 Å². The number of rotatable bonds is 3. The van der Waals surface area contributed by atoms with Crippen LogP contribution in [0.1, 0.15) is 10.4 Å². The molecule has 0 saturated heterocycles. The van der Waals surface area contributed by atoms with E-state index >= 15 is 0 Å². The van der Waals surface area contributed by atoms with E-state index in [0.717, 1.165) is 0 Å². The maximum atomic E-state index is 11.5. The van der Waals surface area contributed by atoms with Gasteiger partial charge in [-0.15, -0.1) is 0 Å². The fraction of sp³-hybridized carbons (Fsp3) is 0. The van der Waals surface area contributed by atoms with E-state index in [0.29, 0.717) is 27.1 Å². The number of primary amides is 1. The quantitative estimate of drug-likeness (QED) is 0.742. The highest BCUT2D eigenvalue weighted by Gasteiger charge is 2.16. The van der Waals surface area contributed by atoms with Crippen LogP contribution < -0.4 is 16.8 Å². The standard InChI is InChI=1S/C13H10Cl3N3O/c14-8-2-1-3-9(15)12(8)19-11-7(13(18)20)4-6(17)5-10(11)16/h1-5,19H,17H2,(H2,18,20). The van der Waals surface area contributed by atoms with Crippen molar-refractivity contribution >= 4 is 57.8 Å². The van der Waals surface area contributed by atoms with Crippen molar-refractivity contribution in [1.82, 2.24) is 0 Å². The Balaban J connectivity index is 2.56. The third kappa shape index (κ3) is 2.93. The second kappa shape index (κ2) is 5.79. The van der Waals surface area contributed by atoms with Gasteiger partial charge in [-0.25, -0.2) is 0 Å². The van der Waals surface area contributed by atoms with Crippen molar-refractivity contribution in [2.24, 2.45) is 5.73 Å². The monoisotopic (exact) mass is 329 g/mol. The molecule has 2 rings (SSSR count). The molecule has 0 radical (unpaired) electrons. The molecule has 1 amide bonds. The number of anilines is 3. The molecular formula is C13H10Cl3N3O. The molecule has 0 atom stereocenters. The van der Waals surface area contributed by atoms with Gasteiger partial charge in [0.15, 0.2) is 0 Å². The average molecular weight is 331 g/mol. The number of hydrogen-bond donors (Lipinski definition) is 3. The van der Waals surface area contributed by atoms with Gasteiger partial charge in [0.1, 0.15) is 0 Å². The first-order chi connectivity index (χ1) is 9.40. The molecule has 0 unspecified atom stereocenters. The van der Waals surface area contributed by atoms with Crippen LogP contribution in [0.3, 0.4) is 0 Å². The number of nitrogens with two attached hydrogens (primary N) is 2. The summed E-state index contributed by atoms with van der Waals surface area (Å²) in [5, 5.41) is 3.96. The zero-order valence-electron chi connectivity index (χ0n) is 10.1. The summed E-state index contributed by atoms with van der Waals surface area (Å²) < 4.78 is 0. The molecule has 104 valence electrons. The summed E-state index contributed by atoms with van der Waals surface area (Å²) >= 11 is 18.2. The van der Waals surface area contributed by atoms with Crippen LogP contribution in [0.2, 0.25) is 15.1 Å². The molecule has 0 bridgehead atoms. The molecule has 0 saturated carbocycles. The highest BCUT2D eigenvalue weighted by Crippen LogP contribution is 2.37. The molecule has 2 aromatic rings. The van der Waals surface area contributed by atoms with E-state index in [2.05, 4.69) is 5.32 Å². The van der Waals surface area contributed by atoms with Crippen molar-refractivity contribution in [3.05, 3.63) is 51.0 Å². The Kier molecular flexibility index (Phi) is 4.28. The smallest absolute Gasteiger partial charge is 0.250 e. The van der Waals surface area contributed by atoms with Crippen LogP contribution in [0.25, 0.3) is 0 Å². The number of carbonyl (C=O) groups excluding carboxylic acids is 1. The van der Waals surface area contributed by atoms with Gasteiger partial charge in [-0.2, -0.15) is 0 Å². The predicted octanol–water partition coefficient (Wildman–Crippen LogP) is 4.07. The lowest BCUT2D eigenvalue weighted by atomic mass is 10.1. The molecule has 0 aliphatic rings. The summed E-state index contributed by atoms with van der Waals surface area (Å²) in [7, 11) is 0. The minimum atomic E-state index is -0.662. The second-order valence-corrected chi connectivity index (χ2v) is 5.23. The molecule has 2 aromatic carbocycles. The Morgan fingerprint density at radius 3 is 2.15 bits per heavy atom. The maximum Gasteiger partial charge on any atom is 0.250 e. The van der Waals surface area contributed by atoms with Gasteiger partial charge in [0.2, 0.25) is 0 Å². The van der Waals surface area contributed by atoms with Crippen LogP contribution in [0.5, 0.6) is 0 Å². The van der Waals surface area contributed by atoms with Gasteiger partial charge in [0.05, 0.1) is 32.0 Å². The fourth-order valence-electron chi connectivity index (χ4n) is 1.69. The Morgan fingerprint density at radius 2 is 1.60 bits per heavy atom. The zero-order chi connectivity index (χ0) is 14.9. The highest BCUT2D eigenvalue weighted by atomic mass is 35.5. The van der Waals surface area contributed by atoms with E-state index in [1.165, 1.54) is 12.1 Å². The molecule has 0 spiro atoms. The first-order valence-corrected chi connectivity index (χ1v) is 6.63. The predicted molar refractivity (Wildman–Crippen MR) is 84.1 cm³/mol. The van der Waals surface area contributed by atoms with Crippen LogP contribution in [0.4, 0.5) is 17.1 Å². The largest absolute Gasteiger partial charge is 0.399 e. The van der Waals surface area contributed by atoms with Crippen LogP contribution >= 0.6 is 34.8 Å². The minimum absolute atomic E-state index is 0.158. The highest BCUT2D eigenvalue weighted by molar-refractivity contribution is 6.40. The first-order valence-electron chi connectivity index (χ1n) is 5.50. The number of nitrogen functional groups attached to an aromatic ring is 1. The average Bonchev–Trinajstić information content (AvgIpc) is 2.35. The number of carbonyl (C=O) groups is 1. The van der Waals surface area contributed by atoms with Gasteiger partial charge >= 0.3 is 0 Å². The molecule has 0 heterocycles. The molecule has 5 N–H and O–H groups in total.